The second-order valence-corrected chi connectivity index (χ2v) is 12.4. The summed E-state index contributed by atoms with van der Waals surface area (Å²) >= 11 is 12.0. The van der Waals surface area contributed by atoms with Gasteiger partial charge in [0.2, 0.25) is 5.91 Å². The second-order valence-electron chi connectivity index (χ2n) is 9.41. The van der Waals surface area contributed by atoms with Crippen LogP contribution in [0, 0.1) is 5.82 Å². The lowest BCUT2D eigenvalue weighted by Gasteiger charge is -2.47. The van der Waals surface area contributed by atoms with Crippen molar-refractivity contribution in [3.8, 4) is 0 Å². The maximum Gasteiger partial charge on any atom is 0.237 e. The Bertz CT molecular complexity index is 1330. The van der Waals surface area contributed by atoms with Crippen molar-refractivity contribution in [2.45, 2.75) is 31.1 Å². The van der Waals surface area contributed by atoms with Gasteiger partial charge in [-0.2, -0.15) is 5.10 Å². The topological polar surface area (TPSA) is 88.1 Å². The molecule has 0 saturated carbocycles. The Labute approximate surface area is 206 Å². The Morgan fingerprint density at radius 1 is 1.24 bits per heavy atom. The van der Waals surface area contributed by atoms with E-state index >= 15 is 0 Å². The number of sulfone groups is 1. The molecule has 1 amide bonds. The van der Waals surface area contributed by atoms with Gasteiger partial charge in [0.25, 0.3) is 0 Å². The first-order valence-electron chi connectivity index (χ1n) is 10.6. The number of carbonyl (C=O) groups is 1. The molecule has 34 heavy (non-hydrogen) atoms. The quantitative estimate of drug-likeness (QED) is 0.618. The predicted molar refractivity (Wildman–Crippen MR) is 127 cm³/mol. The van der Waals surface area contributed by atoms with Crippen molar-refractivity contribution in [1.29, 1.82) is 0 Å². The van der Waals surface area contributed by atoms with Gasteiger partial charge in [0.05, 0.1) is 41.0 Å². The number of nitrogens with zero attached hydrogens (tertiary/aromatic N) is 2. The van der Waals surface area contributed by atoms with Gasteiger partial charge in [0.1, 0.15) is 11.4 Å². The molecule has 2 aromatic carbocycles. The van der Waals surface area contributed by atoms with Gasteiger partial charge in [-0.15, -0.1) is 0 Å². The number of benzene rings is 2. The molecule has 0 bridgehead atoms. The molecule has 2 aromatic rings. The Hall–Kier alpha value is -2.20. The third-order valence-corrected chi connectivity index (χ3v) is 7.97. The van der Waals surface area contributed by atoms with E-state index in [4.69, 9.17) is 27.9 Å². The van der Waals surface area contributed by atoms with Gasteiger partial charge in [-0.1, -0.05) is 35.3 Å². The van der Waals surface area contributed by atoms with Gasteiger partial charge in [-0.05, 0) is 47.4 Å². The van der Waals surface area contributed by atoms with Gasteiger partial charge in [0, 0.05) is 12.7 Å². The molecule has 1 atom stereocenters. The fraction of sp³-hybridized carbons (Fsp3) is 0.391. The fourth-order valence-corrected chi connectivity index (χ4v) is 5.88. The average Bonchev–Trinajstić information content (AvgIpc) is 3.31. The van der Waals surface area contributed by atoms with Crippen molar-refractivity contribution < 1.29 is 22.3 Å². The number of nitrogens with one attached hydrogen (secondary N) is 1. The lowest BCUT2D eigenvalue weighted by Crippen LogP contribution is -2.62. The molecule has 1 unspecified atom stereocenters. The van der Waals surface area contributed by atoms with E-state index in [2.05, 4.69) is 10.5 Å². The minimum atomic E-state index is -3.38. The molecular weight excluding hydrogens is 504 g/mol. The maximum atomic E-state index is 13.9. The van der Waals surface area contributed by atoms with Gasteiger partial charge in [0.15, 0.2) is 15.7 Å². The van der Waals surface area contributed by atoms with Crippen LogP contribution in [0.3, 0.4) is 0 Å². The van der Waals surface area contributed by atoms with Crippen LogP contribution in [0.15, 0.2) is 35.4 Å². The highest BCUT2D eigenvalue weighted by Gasteiger charge is 2.52. The summed E-state index contributed by atoms with van der Waals surface area (Å²) in [6.45, 7) is 3.02. The molecule has 3 aliphatic rings. The van der Waals surface area contributed by atoms with Crippen LogP contribution in [-0.2, 0) is 37.1 Å². The van der Waals surface area contributed by atoms with Crippen LogP contribution in [0.2, 0.25) is 10.0 Å². The van der Waals surface area contributed by atoms with E-state index in [0.717, 1.165) is 34.2 Å². The second kappa shape index (κ2) is 7.91. The number of fused-ring (bicyclic) bond motifs is 2. The standard InChI is InChI=1S/C23H22Cl2FN3O4S/c1-22(15-6-17(24)21(26)18(25)7-15)8-19(27-28-22)13-3-4-16-14(5-13)9-33-23(16)11-29(12-23)20(30)10-34(2,31)32/h3-7,28H,8-12H2,1-2H3. The number of rotatable bonds is 4. The highest BCUT2D eigenvalue weighted by Crippen LogP contribution is 2.44. The number of carbonyl (C=O) groups excluding carboxylic acids is 1. The molecule has 7 nitrogen and oxygen atoms in total. The van der Waals surface area contributed by atoms with Crippen molar-refractivity contribution >= 4 is 44.7 Å². The fourth-order valence-electron chi connectivity index (χ4n) is 4.77. The Morgan fingerprint density at radius 3 is 2.56 bits per heavy atom. The Morgan fingerprint density at radius 2 is 1.91 bits per heavy atom. The van der Waals surface area contributed by atoms with Crippen molar-refractivity contribution in [3.05, 3.63) is 68.4 Å². The number of halogens is 3. The van der Waals surface area contributed by atoms with E-state index in [1.54, 1.807) is 12.1 Å². The van der Waals surface area contributed by atoms with E-state index in [1.165, 1.54) is 4.90 Å². The lowest BCUT2D eigenvalue weighted by molar-refractivity contribution is -0.166. The van der Waals surface area contributed by atoms with Crippen molar-refractivity contribution in [2.75, 3.05) is 25.1 Å². The minimum absolute atomic E-state index is 0.0384. The molecule has 5 rings (SSSR count). The molecule has 1 N–H and O–H groups in total. The molecule has 0 aromatic heterocycles. The summed E-state index contributed by atoms with van der Waals surface area (Å²) in [5.41, 5.74) is 6.47. The van der Waals surface area contributed by atoms with Crippen LogP contribution in [0.5, 0.6) is 0 Å². The van der Waals surface area contributed by atoms with Crippen molar-refractivity contribution in [3.63, 3.8) is 0 Å². The first kappa shape index (κ1) is 23.5. The molecule has 3 heterocycles. The summed E-state index contributed by atoms with van der Waals surface area (Å²) in [5, 5.41) is 4.44. The molecule has 3 aliphatic heterocycles. The summed E-state index contributed by atoms with van der Waals surface area (Å²) in [4.78, 5) is 13.7. The zero-order valence-electron chi connectivity index (χ0n) is 18.5. The van der Waals surface area contributed by atoms with Gasteiger partial charge < -0.3 is 9.64 Å². The van der Waals surface area contributed by atoms with E-state index in [9.17, 15) is 17.6 Å². The van der Waals surface area contributed by atoms with Crippen molar-refractivity contribution in [2.24, 2.45) is 5.10 Å². The maximum absolute atomic E-state index is 13.9. The third kappa shape index (κ3) is 3.98. The number of likely N-dealkylation sites (tertiary alicyclic amines) is 1. The van der Waals surface area contributed by atoms with Gasteiger partial charge in [-0.3, -0.25) is 10.2 Å². The van der Waals surface area contributed by atoms with Crippen LogP contribution >= 0.6 is 23.2 Å². The van der Waals surface area contributed by atoms with Crippen LogP contribution in [0.1, 0.15) is 35.6 Å². The van der Waals surface area contributed by atoms with Crippen LogP contribution < -0.4 is 5.43 Å². The normalized spacial score (nSPS) is 22.9. The van der Waals surface area contributed by atoms with E-state index in [1.807, 2.05) is 25.1 Å². The SMILES string of the molecule is CC1(c2cc(Cl)c(F)c(Cl)c2)CC(c2ccc3c(c2)COC32CN(C(=O)CS(C)(=O)=O)C2)=NN1. The predicted octanol–water partition coefficient (Wildman–Crippen LogP) is 3.36. The molecule has 11 heteroatoms. The molecule has 0 aliphatic carbocycles. The first-order valence-corrected chi connectivity index (χ1v) is 13.4. The van der Waals surface area contributed by atoms with E-state index in [0.29, 0.717) is 26.1 Å². The number of amides is 1. The minimum Gasteiger partial charge on any atom is -0.362 e. The summed E-state index contributed by atoms with van der Waals surface area (Å²) < 4.78 is 42.8. The number of hydrazone groups is 1. The molecule has 0 radical (unpaired) electrons. The summed E-state index contributed by atoms with van der Waals surface area (Å²) in [6, 6.07) is 9.10. The molecule has 1 saturated heterocycles. The molecular formula is C23H22Cl2FN3O4S. The van der Waals surface area contributed by atoms with Crippen LogP contribution in [0.4, 0.5) is 4.39 Å². The van der Waals surface area contributed by atoms with E-state index < -0.39 is 38.5 Å². The number of hydrogen-bond donors (Lipinski definition) is 1. The number of hydrogen-bond acceptors (Lipinski definition) is 6. The monoisotopic (exact) mass is 525 g/mol. The van der Waals surface area contributed by atoms with Gasteiger partial charge >= 0.3 is 0 Å². The lowest BCUT2D eigenvalue weighted by atomic mass is 9.83. The Kier molecular flexibility index (Phi) is 5.48. The third-order valence-electron chi connectivity index (χ3n) is 6.64. The highest BCUT2D eigenvalue weighted by molar-refractivity contribution is 7.91. The number of ether oxygens (including phenoxy) is 1. The zero-order valence-corrected chi connectivity index (χ0v) is 20.8. The van der Waals surface area contributed by atoms with Crippen molar-refractivity contribution in [1.82, 2.24) is 10.3 Å². The van der Waals surface area contributed by atoms with Crippen LogP contribution in [0.25, 0.3) is 0 Å². The van der Waals surface area contributed by atoms with E-state index in [-0.39, 0.29) is 10.0 Å². The zero-order chi connectivity index (χ0) is 24.5. The summed E-state index contributed by atoms with van der Waals surface area (Å²) in [7, 11) is -3.38. The smallest absolute Gasteiger partial charge is 0.237 e. The largest absolute Gasteiger partial charge is 0.362 e. The Balaban J connectivity index is 1.32. The molecule has 1 fully saturated rings. The average molecular weight is 526 g/mol. The first-order chi connectivity index (χ1) is 15.9. The van der Waals surface area contributed by atoms with Gasteiger partial charge in [-0.25, -0.2) is 12.8 Å². The summed E-state index contributed by atoms with van der Waals surface area (Å²) in [6.07, 6.45) is 1.60. The summed E-state index contributed by atoms with van der Waals surface area (Å²) in [5.74, 6) is -1.55. The molecule has 1 spiro atoms. The highest BCUT2D eigenvalue weighted by atomic mass is 35.5. The van der Waals surface area contributed by atoms with Crippen LogP contribution in [-0.4, -0.2) is 50.0 Å². The molecule has 180 valence electrons.